The van der Waals surface area contributed by atoms with Gasteiger partial charge in [-0.15, -0.1) is 0 Å². The Hall–Kier alpha value is -2.34. The number of carbonyl (C=O) groups excluding carboxylic acids is 1. The SMILES string of the molecule is COC(=O)C(C)c1cccc(OS(=O)(=O)c2ccccc2)c1. The lowest BCUT2D eigenvalue weighted by atomic mass is 10.0. The largest absolute Gasteiger partial charge is 0.469 e. The average Bonchev–Trinajstić information content (AvgIpc) is 2.54. The second-order valence-electron chi connectivity index (χ2n) is 4.67. The van der Waals surface area contributed by atoms with Crippen LogP contribution in [0.5, 0.6) is 5.75 Å². The van der Waals surface area contributed by atoms with E-state index < -0.39 is 22.0 Å². The maximum atomic E-state index is 12.2. The predicted octanol–water partition coefficient (Wildman–Crippen LogP) is 2.73. The molecule has 0 aliphatic heterocycles. The molecule has 0 bridgehead atoms. The van der Waals surface area contributed by atoms with Gasteiger partial charge in [-0.05, 0) is 36.8 Å². The van der Waals surface area contributed by atoms with Crippen LogP contribution in [0.4, 0.5) is 0 Å². The van der Waals surface area contributed by atoms with E-state index in [1.807, 2.05) is 0 Å². The molecule has 0 amide bonds. The second kappa shape index (κ2) is 6.62. The lowest BCUT2D eigenvalue weighted by molar-refractivity contribution is -0.141. The standard InChI is InChI=1S/C16H16O5S/c1-12(16(17)20-2)13-7-6-8-14(11-13)21-22(18,19)15-9-4-3-5-10-15/h3-12H,1-2H3. The number of carbonyl (C=O) groups is 1. The second-order valence-corrected chi connectivity index (χ2v) is 6.21. The Morgan fingerprint density at radius 1 is 1.05 bits per heavy atom. The number of benzene rings is 2. The summed E-state index contributed by atoms with van der Waals surface area (Å²) in [5.74, 6) is -0.756. The molecule has 0 aromatic heterocycles. The summed E-state index contributed by atoms with van der Waals surface area (Å²) in [5, 5.41) is 0. The Morgan fingerprint density at radius 2 is 1.73 bits per heavy atom. The molecule has 22 heavy (non-hydrogen) atoms. The highest BCUT2D eigenvalue weighted by atomic mass is 32.2. The Morgan fingerprint density at radius 3 is 2.36 bits per heavy atom. The molecule has 0 radical (unpaired) electrons. The van der Waals surface area contributed by atoms with Gasteiger partial charge in [0, 0.05) is 0 Å². The highest BCUT2D eigenvalue weighted by Gasteiger charge is 2.19. The first-order valence-electron chi connectivity index (χ1n) is 6.61. The van der Waals surface area contributed by atoms with Crippen LogP contribution < -0.4 is 4.18 Å². The Bertz CT molecular complexity index is 753. The lowest BCUT2D eigenvalue weighted by Gasteiger charge is -2.12. The normalized spacial score (nSPS) is 12.5. The van der Waals surface area contributed by atoms with Crippen molar-refractivity contribution in [1.82, 2.24) is 0 Å². The zero-order valence-corrected chi connectivity index (χ0v) is 13.0. The summed E-state index contributed by atoms with van der Waals surface area (Å²) in [6.07, 6.45) is 0. The van der Waals surface area contributed by atoms with E-state index in [2.05, 4.69) is 4.74 Å². The number of ether oxygens (including phenoxy) is 1. The summed E-state index contributed by atoms with van der Waals surface area (Å²) in [6, 6.07) is 14.2. The monoisotopic (exact) mass is 320 g/mol. The maximum absolute atomic E-state index is 12.2. The summed E-state index contributed by atoms with van der Waals surface area (Å²) in [6.45, 7) is 1.68. The molecule has 5 nitrogen and oxygen atoms in total. The third kappa shape index (κ3) is 3.65. The minimum absolute atomic E-state index is 0.0708. The van der Waals surface area contributed by atoms with Crippen molar-refractivity contribution in [3.63, 3.8) is 0 Å². The van der Waals surface area contributed by atoms with Crippen LogP contribution in [0.2, 0.25) is 0 Å². The molecule has 0 heterocycles. The molecular weight excluding hydrogens is 304 g/mol. The van der Waals surface area contributed by atoms with Gasteiger partial charge in [0.25, 0.3) is 0 Å². The van der Waals surface area contributed by atoms with Crippen LogP contribution in [-0.4, -0.2) is 21.5 Å². The van der Waals surface area contributed by atoms with Gasteiger partial charge in [-0.2, -0.15) is 8.42 Å². The van der Waals surface area contributed by atoms with Crippen molar-refractivity contribution in [2.45, 2.75) is 17.7 Å². The molecule has 0 saturated heterocycles. The third-order valence-corrected chi connectivity index (χ3v) is 4.41. The highest BCUT2D eigenvalue weighted by molar-refractivity contribution is 7.87. The van der Waals surface area contributed by atoms with Crippen LogP contribution in [0.3, 0.4) is 0 Å². The smallest absolute Gasteiger partial charge is 0.339 e. The summed E-state index contributed by atoms with van der Waals surface area (Å²) < 4.78 is 34.1. The van der Waals surface area contributed by atoms with Crippen LogP contribution >= 0.6 is 0 Å². The van der Waals surface area contributed by atoms with Crippen molar-refractivity contribution in [3.05, 3.63) is 60.2 Å². The minimum atomic E-state index is -3.90. The zero-order valence-electron chi connectivity index (χ0n) is 12.2. The molecule has 2 aromatic rings. The molecule has 0 spiro atoms. The fraction of sp³-hybridized carbons (Fsp3) is 0.188. The van der Waals surface area contributed by atoms with E-state index in [9.17, 15) is 13.2 Å². The summed E-state index contributed by atoms with van der Waals surface area (Å²) in [7, 11) is -2.59. The minimum Gasteiger partial charge on any atom is -0.469 e. The van der Waals surface area contributed by atoms with Crippen molar-refractivity contribution in [2.75, 3.05) is 7.11 Å². The highest BCUT2D eigenvalue weighted by Crippen LogP contribution is 2.24. The van der Waals surface area contributed by atoms with Crippen LogP contribution in [0.1, 0.15) is 18.4 Å². The zero-order chi connectivity index (χ0) is 16.2. The van der Waals surface area contributed by atoms with Gasteiger partial charge in [-0.3, -0.25) is 4.79 Å². The summed E-state index contributed by atoms with van der Waals surface area (Å²) >= 11 is 0. The molecule has 0 aliphatic rings. The van der Waals surface area contributed by atoms with E-state index in [4.69, 9.17) is 4.18 Å². The molecule has 6 heteroatoms. The third-order valence-electron chi connectivity index (χ3n) is 3.15. The van der Waals surface area contributed by atoms with Crippen LogP contribution in [0.25, 0.3) is 0 Å². The van der Waals surface area contributed by atoms with E-state index >= 15 is 0 Å². The Balaban J connectivity index is 2.26. The molecule has 0 fully saturated rings. The molecule has 0 aliphatic carbocycles. The van der Waals surface area contributed by atoms with Crippen LogP contribution in [0.15, 0.2) is 59.5 Å². The topological polar surface area (TPSA) is 69.7 Å². The van der Waals surface area contributed by atoms with Gasteiger partial charge in [0.2, 0.25) is 0 Å². The number of hydrogen-bond donors (Lipinski definition) is 0. The van der Waals surface area contributed by atoms with E-state index in [0.717, 1.165) is 0 Å². The Labute approximate surface area is 129 Å². The van der Waals surface area contributed by atoms with Gasteiger partial charge in [-0.1, -0.05) is 30.3 Å². The van der Waals surface area contributed by atoms with Crippen LogP contribution in [-0.2, 0) is 19.6 Å². The molecule has 1 unspecified atom stereocenters. The number of esters is 1. The number of rotatable bonds is 5. The number of methoxy groups -OCH3 is 1. The van der Waals surface area contributed by atoms with E-state index in [1.54, 1.807) is 37.3 Å². The van der Waals surface area contributed by atoms with Gasteiger partial charge in [0.05, 0.1) is 13.0 Å². The molecule has 2 rings (SSSR count). The van der Waals surface area contributed by atoms with Gasteiger partial charge in [0.15, 0.2) is 0 Å². The molecule has 116 valence electrons. The first-order chi connectivity index (χ1) is 10.4. The average molecular weight is 320 g/mol. The number of hydrogen-bond acceptors (Lipinski definition) is 5. The maximum Gasteiger partial charge on any atom is 0.339 e. The molecule has 0 N–H and O–H groups in total. The summed E-state index contributed by atoms with van der Waals surface area (Å²) in [4.78, 5) is 11.6. The molecule has 1 atom stereocenters. The van der Waals surface area contributed by atoms with Crippen molar-refractivity contribution >= 4 is 16.1 Å². The van der Waals surface area contributed by atoms with E-state index in [-0.39, 0.29) is 10.6 Å². The van der Waals surface area contributed by atoms with Crippen LogP contribution in [0, 0.1) is 0 Å². The molecule has 2 aromatic carbocycles. The van der Waals surface area contributed by atoms with E-state index in [0.29, 0.717) is 5.56 Å². The predicted molar refractivity (Wildman–Crippen MR) is 81.1 cm³/mol. The lowest BCUT2D eigenvalue weighted by Crippen LogP contribution is -2.12. The fourth-order valence-corrected chi connectivity index (χ4v) is 2.85. The van der Waals surface area contributed by atoms with Gasteiger partial charge >= 0.3 is 16.1 Å². The quantitative estimate of drug-likeness (QED) is 0.626. The first-order valence-corrected chi connectivity index (χ1v) is 8.02. The molecule has 0 saturated carbocycles. The van der Waals surface area contributed by atoms with Crippen molar-refractivity contribution in [1.29, 1.82) is 0 Å². The fourth-order valence-electron chi connectivity index (χ4n) is 1.91. The van der Waals surface area contributed by atoms with Gasteiger partial charge in [-0.25, -0.2) is 0 Å². The molecular formula is C16H16O5S. The van der Waals surface area contributed by atoms with Gasteiger partial charge < -0.3 is 8.92 Å². The van der Waals surface area contributed by atoms with Crippen molar-refractivity contribution in [2.24, 2.45) is 0 Å². The van der Waals surface area contributed by atoms with Crippen molar-refractivity contribution in [3.8, 4) is 5.75 Å². The Kier molecular flexibility index (Phi) is 4.82. The summed E-state index contributed by atoms with van der Waals surface area (Å²) in [5.41, 5.74) is 0.618. The van der Waals surface area contributed by atoms with Crippen molar-refractivity contribution < 1.29 is 22.1 Å². The van der Waals surface area contributed by atoms with E-state index in [1.165, 1.54) is 31.4 Å². The van der Waals surface area contributed by atoms with Gasteiger partial charge in [0.1, 0.15) is 10.6 Å². The first kappa shape index (κ1) is 16.0.